The maximum Gasteiger partial charge on any atom is 0.337 e. The van der Waals surface area contributed by atoms with Gasteiger partial charge in [0.25, 0.3) is 0 Å². The van der Waals surface area contributed by atoms with E-state index in [0.717, 1.165) is 11.3 Å². The standard InChI is InChI=1S/C19H20N4O4S2/c1-12(16(24)20-10-13-5-7-14(8-6-13)17(25)26-2)28-19-23-22-18(29-19)21-11-15-4-3-9-27-15/h3-9,12H,10-11H2,1-2H3,(H,20,24)(H,21,22). The summed E-state index contributed by atoms with van der Waals surface area (Å²) in [6, 6.07) is 10.6. The molecule has 0 radical (unpaired) electrons. The van der Waals surface area contributed by atoms with Crippen LogP contribution in [-0.2, 0) is 22.6 Å². The quantitative estimate of drug-likeness (QED) is 0.392. The lowest BCUT2D eigenvalue weighted by molar-refractivity contribution is -0.120. The predicted octanol–water partition coefficient (Wildman–Crippen LogP) is 3.33. The van der Waals surface area contributed by atoms with Gasteiger partial charge in [0.1, 0.15) is 5.76 Å². The zero-order valence-corrected chi connectivity index (χ0v) is 17.5. The molecule has 152 valence electrons. The second-order valence-electron chi connectivity index (χ2n) is 5.97. The fourth-order valence-electron chi connectivity index (χ4n) is 2.32. The zero-order chi connectivity index (χ0) is 20.6. The van der Waals surface area contributed by atoms with E-state index >= 15 is 0 Å². The first-order valence-electron chi connectivity index (χ1n) is 8.76. The number of nitrogens with zero attached hydrogens (tertiary/aromatic N) is 2. The number of thioether (sulfide) groups is 1. The van der Waals surface area contributed by atoms with Crippen molar-refractivity contribution in [1.82, 2.24) is 15.5 Å². The number of rotatable bonds is 9. The van der Waals surface area contributed by atoms with E-state index in [2.05, 4.69) is 25.6 Å². The maximum atomic E-state index is 12.4. The van der Waals surface area contributed by atoms with Crippen LogP contribution in [0.1, 0.15) is 28.6 Å². The minimum Gasteiger partial charge on any atom is -0.467 e. The summed E-state index contributed by atoms with van der Waals surface area (Å²) >= 11 is 2.73. The highest BCUT2D eigenvalue weighted by molar-refractivity contribution is 8.02. The van der Waals surface area contributed by atoms with Crippen molar-refractivity contribution < 1.29 is 18.7 Å². The number of hydrogen-bond donors (Lipinski definition) is 2. The van der Waals surface area contributed by atoms with Gasteiger partial charge < -0.3 is 19.8 Å². The van der Waals surface area contributed by atoms with E-state index in [0.29, 0.717) is 28.1 Å². The number of carbonyl (C=O) groups excluding carboxylic acids is 2. The molecule has 0 aliphatic rings. The van der Waals surface area contributed by atoms with Crippen molar-refractivity contribution in [3.63, 3.8) is 0 Å². The van der Waals surface area contributed by atoms with Gasteiger partial charge in [0, 0.05) is 6.54 Å². The van der Waals surface area contributed by atoms with Crippen molar-refractivity contribution in [3.05, 3.63) is 59.5 Å². The number of amides is 1. The maximum absolute atomic E-state index is 12.4. The van der Waals surface area contributed by atoms with Crippen LogP contribution in [0.3, 0.4) is 0 Å². The molecule has 0 aliphatic heterocycles. The lowest BCUT2D eigenvalue weighted by Gasteiger charge is -2.10. The van der Waals surface area contributed by atoms with Crippen LogP contribution in [-0.4, -0.2) is 34.4 Å². The Kier molecular flexibility index (Phi) is 7.25. The number of furan rings is 1. The number of methoxy groups -OCH3 is 1. The lowest BCUT2D eigenvalue weighted by atomic mass is 10.1. The van der Waals surface area contributed by atoms with E-state index in [1.165, 1.54) is 30.2 Å². The number of ether oxygens (including phenoxy) is 1. The highest BCUT2D eigenvalue weighted by Crippen LogP contribution is 2.29. The third kappa shape index (κ3) is 6.06. The number of anilines is 1. The van der Waals surface area contributed by atoms with E-state index in [1.54, 1.807) is 30.5 Å². The molecule has 0 bridgehead atoms. The van der Waals surface area contributed by atoms with Crippen LogP contribution in [0.15, 0.2) is 51.4 Å². The molecule has 1 atom stereocenters. The van der Waals surface area contributed by atoms with Gasteiger partial charge in [-0.25, -0.2) is 4.79 Å². The predicted molar refractivity (Wildman–Crippen MR) is 111 cm³/mol. The van der Waals surface area contributed by atoms with Crippen LogP contribution < -0.4 is 10.6 Å². The number of carbonyl (C=O) groups is 2. The summed E-state index contributed by atoms with van der Waals surface area (Å²) < 4.78 is 10.6. The van der Waals surface area contributed by atoms with Crippen LogP contribution in [0.5, 0.6) is 0 Å². The Bertz CT molecular complexity index is 942. The molecule has 1 unspecified atom stereocenters. The molecule has 0 aliphatic carbocycles. The van der Waals surface area contributed by atoms with Gasteiger partial charge >= 0.3 is 5.97 Å². The molecule has 1 amide bonds. The van der Waals surface area contributed by atoms with E-state index in [-0.39, 0.29) is 17.1 Å². The molecule has 8 nitrogen and oxygen atoms in total. The van der Waals surface area contributed by atoms with E-state index < -0.39 is 0 Å². The van der Waals surface area contributed by atoms with E-state index in [4.69, 9.17) is 4.42 Å². The summed E-state index contributed by atoms with van der Waals surface area (Å²) in [6.45, 7) is 2.71. The molecule has 1 aromatic carbocycles. The van der Waals surface area contributed by atoms with E-state index in [1.807, 2.05) is 19.1 Å². The Morgan fingerprint density at radius 1 is 1.21 bits per heavy atom. The molecule has 0 fully saturated rings. The van der Waals surface area contributed by atoms with Crippen LogP contribution in [0, 0.1) is 0 Å². The lowest BCUT2D eigenvalue weighted by Crippen LogP contribution is -2.30. The molecule has 2 aromatic heterocycles. The van der Waals surface area contributed by atoms with Gasteiger partial charge in [-0.15, -0.1) is 10.2 Å². The molecule has 10 heteroatoms. The average molecular weight is 433 g/mol. The van der Waals surface area contributed by atoms with Crippen molar-refractivity contribution in [2.24, 2.45) is 0 Å². The van der Waals surface area contributed by atoms with E-state index in [9.17, 15) is 9.59 Å². The van der Waals surface area contributed by atoms with Gasteiger partial charge in [-0.05, 0) is 36.8 Å². The molecule has 0 spiro atoms. The Morgan fingerprint density at radius 3 is 2.69 bits per heavy atom. The summed E-state index contributed by atoms with van der Waals surface area (Å²) in [5, 5.41) is 14.5. The zero-order valence-electron chi connectivity index (χ0n) is 15.9. The molecular weight excluding hydrogens is 412 g/mol. The monoisotopic (exact) mass is 432 g/mol. The molecule has 0 saturated carbocycles. The Morgan fingerprint density at radius 2 is 2.00 bits per heavy atom. The molecule has 29 heavy (non-hydrogen) atoms. The summed E-state index contributed by atoms with van der Waals surface area (Å²) in [5.74, 6) is 0.315. The summed E-state index contributed by atoms with van der Waals surface area (Å²) in [4.78, 5) is 23.8. The molecule has 3 rings (SSSR count). The number of nitrogens with one attached hydrogen (secondary N) is 2. The third-order valence-electron chi connectivity index (χ3n) is 3.89. The first kappa shape index (κ1) is 20.9. The SMILES string of the molecule is COC(=O)c1ccc(CNC(=O)C(C)Sc2nnc(NCc3ccco3)s2)cc1. The highest BCUT2D eigenvalue weighted by Gasteiger charge is 2.17. The molecular formula is C19H20N4O4S2. The Balaban J connectivity index is 1.45. The fourth-order valence-corrected chi connectivity index (χ4v) is 4.23. The normalized spacial score (nSPS) is 11.7. The van der Waals surface area contributed by atoms with Gasteiger partial charge in [0.2, 0.25) is 11.0 Å². The number of esters is 1. The van der Waals surface area contributed by atoms with Gasteiger partial charge in [0.05, 0.1) is 30.7 Å². The topological polar surface area (TPSA) is 106 Å². The molecule has 2 heterocycles. The van der Waals surface area contributed by atoms with Crippen molar-refractivity contribution in [1.29, 1.82) is 0 Å². The van der Waals surface area contributed by atoms with Crippen molar-refractivity contribution in [2.45, 2.75) is 29.6 Å². The third-order valence-corrected chi connectivity index (χ3v) is 5.95. The van der Waals surface area contributed by atoms with Crippen molar-refractivity contribution >= 4 is 40.1 Å². The summed E-state index contributed by atoms with van der Waals surface area (Å²) in [6.07, 6.45) is 1.62. The number of hydrogen-bond acceptors (Lipinski definition) is 9. The second kappa shape index (κ2) is 10.1. The second-order valence-corrected chi connectivity index (χ2v) is 8.54. The minimum absolute atomic E-state index is 0.104. The van der Waals surface area contributed by atoms with Crippen LogP contribution in [0.25, 0.3) is 0 Å². The van der Waals surface area contributed by atoms with Crippen LogP contribution in [0.2, 0.25) is 0 Å². The Labute approximate surface area is 176 Å². The average Bonchev–Trinajstić information content (AvgIpc) is 3.42. The van der Waals surface area contributed by atoms with Crippen LogP contribution >= 0.6 is 23.1 Å². The molecule has 2 N–H and O–H groups in total. The Hall–Kier alpha value is -2.85. The van der Waals surface area contributed by atoms with Crippen LogP contribution in [0.4, 0.5) is 5.13 Å². The first-order chi connectivity index (χ1) is 14.0. The fraction of sp³-hybridized carbons (Fsp3) is 0.263. The highest BCUT2D eigenvalue weighted by atomic mass is 32.2. The van der Waals surface area contributed by atoms with Gasteiger partial charge in [-0.2, -0.15) is 0 Å². The van der Waals surface area contributed by atoms with Gasteiger partial charge in [-0.1, -0.05) is 35.2 Å². The summed E-state index contributed by atoms with van der Waals surface area (Å²) in [5.41, 5.74) is 1.36. The van der Waals surface area contributed by atoms with Crippen molar-refractivity contribution in [2.75, 3.05) is 12.4 Å². The number of aromatic nitrogens is 2. The first-order valence-corrected chi connectivity index (χ1v) is 10.5. The smallest absolute Gasteiger partial charge is 0.337 e. The molecule has 0 saturated heterocycles. The largest absolute Gasteiger partial charge is 0.467 e. The van der Waals surface area contributed by atoms with Gasteiger partial charge in [0.15, 0.2) is 4.34 Å². The summed E-state index contributed by atoms with van der Waals surface area (Å²) in [7, 11) is 1.34. The van der Waals surface area contributed by atoms with Gasteiger partial charge in [-0.3, -0.25) is 4.79 Å². The van der Waals surface area contributed by atoms with Crippen molar-refractivity contribution in [3.8, 4) is 0 Å². The number of benzene rings is 1. The minimum atomic E-state index is -0.388. The molecule has 3 aromatic rings.